The van der Waals surface area contributed by atoms with Crippen molar-refractivity contribution in [1.82, 2.24) is 0 Å². The van der Waals surface area contributed by atoms with Gasteiger partial charge in [0.1, 0.15) is 43.2 Å². The van der Waals surface area contributed by atoms with Crippen LogP contribution in [-0.4, -0.2) is 128 Å². The van der Waals surface area contributed by atoms with Gasteiger partial charge in [-0.05, 0) is 85.1 Å². The lowest BCUT2D eigenvalue weighted by atomic mass is 9.84. The second-order valence-corrected chi connectivity index (χ2v) is 19.2. The zero-order valence-electron chi connectivity index (χ0n) is 39.7. The largest absolute Gasteiger partial charge is 0.459 e. The van der Waals surface area contributed by atoms with E-state index in [1.54, 1.807) is 91.0 Å². The van der Waals surface area contributed by atoms with Gasteiger partial charge in [-0.25, -0.2) is 14.4 Å². The topological polar surface area (TPSA) is 299 Å². The summed E-state index contributed by atoms with van der Waals surface area (Å²) in [6.07, 6.45) is -6.13. The molecule has 4 aliphatic heterocycles. The SMILES string of the molecule is [N-]=[N+]=NC1CC(N=[N+]=[N-])[C@@H](O[C@H]2OC3COC4(CCCCC4)O[C@H]3C(O[C@@H]3O[C@H](COC(=O)c4ccccc4)C(OC(=O)c4ccccc4)C3OC(=O)c3ccccc3)C2N=[N+]=[N-])C2OC3(CCCCC3)OC12. The van der Waals surface area contributed by atoms with Crippen LogP contribution in [-0.2, 0) is 52.1 Å². The molecule has 2 spiro atoms. The average molecular weight is 1010 g/mol. The van der Waals surface area contributed by atoms with Crippen molar-refractivity contribution in [3.63, 3.8) is 0 Å². The molecule has 7 aliphatic rings. The number of nitrogens with zero attached hydrogens (tertiary/aromatic N) is 9. The van der Waals surface area contributed by atoms with E-state index in [1.165, 1.54) is 0 Å². The van der Waals surface area contributed by atoms with Crippen molar-refractivity contribution in [1.29, 1.82) is 0 Å². The number of fused-ring (bicyclic) bond motifs is 2. The summed E-state index contributed by atoms with van der Waals surface area (Å²) in [5, 5.41) is 12.4. The summed E-state index contributed by atoms with van der Waals surface area (Å²) in [6.45, 7) is -0.511. The fraction of sp³-hybridized carbons (Fsp3) is 0.580. The minimum absolute atomic E-state index is 0.0150. The summed E-state index contributed by atoms with van der Waals surface area (Å²) >= 11 is 0. The molecule has 10 rings (SSSR count). The van der Waals surface area contributed by atoms with Crippen molar-refractivity contribution in [2.75, 3.05) is 13.2 Å². The molecule has 0 bridgehead atoms. The molecular formula is C50H55N9O14. The number of hydrogen-bond acceptors (Lipinski definition) is 17. The van der Waals surface area contributed by atoms with Crippen LogP contribution in [0.25, 0.3) is 31.3 Å². The van der Waals surface area contributed by atoms with Crippen LogP contribution in [0.3, 0.4) is 0 Å². The van der Waals surface area contributed by atoms with Gasteiger partial charge in [0.25, 0.3) is 0 Å². The molecule has 23 nitrogen and oxygen atoms in total. The van der Waals surface area contributed by atoms with Gasteiger partial charge in [0.05, 0.1) is 47.6 Å². The van der Waals surface area contributed by atoms with E-state index in [1.807, 2.05) is 0 Å². The minimum Gasteiger partial charge on any atom is -0.459 e. The number of ether oxygens (including phenoxy) is 11. The maximum atomic E-state index is 14.1. The Kier molecular flexibility index (Phi) is 15.4. The standard InChI is InChI=1S/C50H55N9O14/c51-57-54-32-26-33(55-58-52)38-42(73-50(71-38)24-14-5-15-25-50)37(32)69-47-36(56-59-53)41(40-35(65-47)28-64-49(72-40)22-12-4-13-23-49)70-48-43(68-46(62)31-20-10-3-11-21-31)39(67-45(61)30-18-8-2-9-19-30)34(66-48)27-63-44(60)29-16-6-1-7-17-29/h1-3,6-11,16-21,32-43,47-48H,4-5,12-15,22-28H2/t32?,33?,34-,35?,36?,37-,38?,39?,40-,41?,42?,43?,47-,48+/m1/s1. The van der Waals surface area contributed by atoms with Gasteiger partial charge in [0, 0.05) is 40.4 Å². The third kappa shape index (κ3) is 10.8. The summed E-state index contributed by atoms with van der Waals surface area (Å²) in [7, 11) is 0. The maximum Gasteiger partial charge on any atom is 0.338 e. The number of benzene rings is 3. The molecule has 3 aliphatic carbocycles. The number of hydrogen-bond donors (Lipinski definition) is 0. The molecule has 4 saturated heterocycles. The van der Waals surface area contributed by atoms with Crippen molar-refractivity contribution in [2.45, 2.75) is 168 Å². The first-order chi connectivity index (χ1) is 35.7. The zero-order valence-corrected chi connectivity index (χ0v) is 39.7. The van der Waals surface area contributed by atoms with E-state index in [2.05, 4.69) is 30.1 Å². The Morgan fingerprint density at radius 3 is 1.67 bits per heavy atom. The lowest BCUT2D eigenvalue weighted by Crippen LogP contribution is -2.68. The Labute approximate surface area is 418 Å². The average Bonchev–Trinajstić information content (AvgIpc) is 3.95. The number of carbonyl (C=O) groups is 3. The summed E-state index contributed by atoms with van der Waals surface area (Å²) in [6, 6.07) is 21.3. The van der Waals surface area contributed by atoms with E-state index in [-0.39, 0.29) is 29.7 Å². The van der Waals surface area contributed by atoms with Crippen LogP contribution in [0.5, 0.6) is 0 Å². The van der Waals surface area contributed by atoms with Crippen LogP contribution in [0.1, 0.15) is 102 Å². The molecule has 384 valence electrons. The monoisotopic (exact) mass is 1010 g/mol. The van der Waals surface area contributed by atoms with Gasteiger partial charge >= 0.3 is 17.9 Å². The van der Waals surface area contributed by atoms with Crippen molar-refractivity contribution >= 4 is 17.9 Å². The fourth-order valence-electron chi connectivity index (χ4n) is 11.1. The molecule has 14 atom stereocenters. The van der Waals surface area contributed by atoms with Gasteiger partial charge in [-0.15, -0.1) is 0 Å². The molecule has 4 heterocycles. The van der Waals surface area contributed by atoms with Crippen LogP contribution in [0.2, 0.25) is 0 Å². The normalized spacial score (nSPS) is 33.9. The molecule has 9 unspecified atom stereocenters. The molecule has 0 aromatic heterocycles. The van der Waals surface area contributed by atoms with Gasteiger partial charge < -0.3 is 52.1 Å². The van der Waals surface area contributed by atoms with Crippen molar-refractivity contribution in [3.8, 4) is 0 Å². The number of carbonyl (C=O) groups excluding carboxylic acids is 3. The Hall–Kier alpha value is -6.32. The first kappa shape index (κ1) is 50.2. The third-order valence-electron chi connectivity index (χ3n) is 14.6. The van der Waals surface area contributed by atoms with Crippen LogP contribution < -0.4 is 0 Å². The maximum absolute atomic E-state index is 14.1. The first-order valence-electron chi connectivity index (χ1n) is 24.9. The highest BCUT2D eigenvalue weighted by atomic mass is 16.8. The Bertz CT molecular complexity index is 2570. The van der Waals surface area contributed by atoms with Crippen LogP contribution in [0.15, 0.2) is 106 Å². The van der Waals surface area contributed by atoms with Gasteiger partial charge in [0.15, 0.2) is 36.4 Å². The van der Waals surface area contributed by atoms with E-state index >= 15 is 0 Å². The van der Waals surface area contributed by atoms with E-state index in [0.29, 0.717) is 25.7 Å². The summed E-state index contributed by atoms with van der Waals surface area (Å²) in [4.78, 5) is 51.0. The molecule has 3 aromatic carbocycles. The lowest BCUT2D eigenvalue weighted by molar-refractivity contribution is -0.398. The number of rotatable bonds is 14. The summed E-state index contributed by atoms with van der Waals surface area (Å²) in [5.74, 6) is -4.39. The minimum atomic E-state index is -1.63. The molecule has 0 radical (unpaired) electrons. The van der Waals surface area contributed by atoms with Crippen molar-refractivity contribution in [2.24, 2.45) is 15.3 Å². The quantitative estimate of drug-likeness (QED) is 0.0481. The Morgan fingerprint density at radius 2 is 1.07 bits per heavy atom. The third-order valence-corrected chi connectivity index (χ3v) is 14.6. The van der Waals surface area contributed by atoms with E-state index < -0.39 is 122 Å². The zero-order chi connectivity index (χ0) is 50.4. The van der Waals surface area contributed by atoms with E-state index in [0.717, 1.165) is 38.5 Å². The first-order valence-corrected chi connectivity index (χ1v) is 24.9. The number of esters is 3. The molecule has 73 heavy (non-hydrogen) atoms. The van der Waals surface area contributed by atoms with Crippen molar-refractivity contribution in [3.05, 3.63) is 139 Å². The van der Waals surface area contributed by atoms with Crippen molar-refractivity contribution < 1.29 is 66.5 Å². The van der Waals surface area contributed by atoms with Crippen LogP contribution >= 0.6 is 0 Å². The Morgan fingerprint density at radius 1 is 0.548 bits per heavy atom. The highest BCUT2D eigenvalue weighted by Crippen LogP contribution is 2.49. The second kappa shape index (κ2) is 22.4. The summed E-state index contributed by atoms with van der Waals surface area (Å²) < 4.78 is 72.1. The predicted molar refractivity (Wildman–Crippen MR) is 251 cm³/mol. The van der Waals surface area contributed by atoms with Gasteiger partial charge in [-0.1, -0.05) is 82.8 Å². The lowest BCUT2D eigenvalue weighted by Gasteiger charge is -2.53. The van der Waals surface area contributed by atoms with E-state index in [9.17, 15) is 31.0 Å². The summed E-state index contributed by atoms with van der Waals surface area (Å²) in [5.41, 5.74) is 30.4. The molecule has 0 amide bonds. The highest BCUT2D eigenvalue weighted by molar-refractivity contribution is 5.91. The van der Waals surface area contributed by atoms with Gasteiger partial charge in [-0.3, -0.25) is 0 Å². The Balaban J connectivity index is 1.02. The highest BCUT2D eigenvalue weighted by Gasteiger charge is 2.62. The van der Waals surface area contributed by atoms with E-state index in [4.69, 9.17) is 52.1 Å². The molecule has 0 N–H and O–H groups in total. The smallest absolute Gasteiger partial charge is 0.338 e. The predicted octanol–water partition coefficient (Wildman–Crippen LogP) is 8.48. The van der Waals surface area contributed by atoms with Gasteiger partial charge in [0.2, 0.25) is 0 Å². The van der Waals surface area contributed by atoms with Crippen LogP contribution in [0.4, 0.5) is 0 Å². The fourth-order valence-corrected chi connectivity index (χ4v) is 11.1. The molecule has 7 fully saturated rings. The molecule has 23 heteroatoms. The second-order valence-electron chi connectivity index (χ2n) is 19.2. The molecule has 3 aromatic rings. The molecular weight excluding hydrogens is 951 g/mol. The van der Waals surface area contributed by atoms with Gasteiger partial charge in [-0.2, -0.15) is 0 Å². The molecule has 3 saturated carbocycles. The number of azide groups is 3. The van der Waals surface area contributed by atoms with Crippen LogP contribution in [0, 0.1) is 0 Å².